The molecule has 1 heterocycles. The van der Waals surface area contributed by atoms with Gasteiger partial charge in [-0.2, -0.15) is 0 Å². The fourth-order valence-electron chi connectivity index (χ4n) is 1.08. The molecule has 0 aliphatic carbocycles. The molecular formula is C12H29BO3. The third kappa shape index (κ3) is 12.0. The van der Waals surface area contributed by atoms with Gasteiger partial charge in [0.2, 0.25) is 0 Å². The van der Waals surface area contributed by atoms with E-state index in [9.17, 15) is 0 Å². The Morgan fingerprint density at radius 3 is 2.00 bits per heavy atom. The second kappa shape index (κ2) is 14.9. The fourth-order valence-corrected chi connectivity index (χ4v) is 1.08. The molecule has 1 saturated heterocycles. The highest BCUT2D eigenvalue weighted by molar-refractivity contribution is 6.44. The Labute approximate surface area is 102 Å². The van der Waals surface area contributed by atoms with Crippen molar-refractivity contribution in [2.75, 3.05) is 19.8 Å². The first kappa shape index (κ1) is 18.3. The summed E-state index contributed by atoms with van der Waals surface area (Å²) in [6.45, 7) is 12.0. The first-order valence-corrected chi connectivity index (χ1v) is 6.58. The van der Waals surface area contributed by atoms with Crippen molar-refractivity contribution in [1.29, 1.82) is 0 Å². The van der Waals surface area contributed by atoms with Crippen molar-refractivity contribution in [3.05, 3.63) is 0 Å². The molecule has 0 radical (unpaired) electrons. The van der Waals surface area contributed by atoms with Crippen molar-refractivity contribution in [1.82, 2.24) is 0 Å². The minimum atomic E-state index is -0.0779. The maximum Gasteiger partial charge on any atom is 0.457 e. The van der Waals surface area contributed by atoms with Gasteiger partial charge in [0, 0.05) is 19.8 Å². The molecule has 3 nitrogen and oxygen atoms in total. The Hall–Kier alpha value is -0.0551. The highest BCUT2D eigenvalue weighted by Gasteiger charge is 2.23. The van der Waals surface area contributed by atoms with Crippen molar-refractivity contribution < 1.29 is 14.4 Å². The standard InChI is InChI=1S/C7H15BO3.C3H8.C2H6/c1-7(6-9)5-8-10-3-2-4-11-8;1-3-2;1-2/h7,9H,2-6H2,1H3;3H2,1-2H3;1-2H3/t7-;;/m1../s1. The van der Waals surface area contributed by atoms with Gasteiger partial charge in [0.15, 0.2) is 0 Å². The number of hydrogen-bond acceptors (Lipinski definition) is 3. The maximum absolute atomic E-state index is 8.75. The zero-order chi connectivity index (χ0) is 12.8. The van der Waals surface area contributed by atoms with E-state index >= 15 is 0 Å². The van der Waals surface area contributed by atoms with Crippen LogP contribution in [0.4, 0.5) is 0 Å². The Kier molecular flexibility index (Phi) is 17.1. The molecule has 1 N–H and O–H groups in total. The second-order valence-corrected chi connectivity index (χ2v) is 3.76. The van der Waals surface area contributed by atoms with Crippen molar-refractivity contribution in [2.45, 2.75) is 53.8 Å². The zero-order valence-electron chi connectivity index (χ0n) is 11.7. The summed E-state index contributed by atoms with van der Waals surface area (Å²) < 4.78 is 10.6. The van der Waals surface area contributed by atoms with Gasteiger partial charge in [0.1, 0.15) is 0 Å². The molecule has 1 fully saturated rings. The van der Waals surface area contributed by atoms with Crippen molar-refractivity contribution >= 4 is 7.12 Å². The van der Waals surface area contributed by atoms with Crippen molar-refractivity contribution in [2.24, 2.45) is 5.92 Å². The quantitative estimate of drug-likeness (QED) is 0.760. The molecule has 1 aliphatic rings. The highest BCUT2D eigenvalue weighted by atomic mass is 16.6. The normalized spacial score (nSPS) is 16.5. The third-order valence-electron chi connectivity index (χ3n) is 1.80. The average Bonchev–Trinajstić information content (AvgIpc) is 2.34. The molecule has 1 aliphatic heterocycles. The van der Waals surface area contributed by atoms with Gasteiger partial charge in [0.25, 0.3) is 0 Å². The van der Waals surface area contributed by atoms with Gasteiger partial charge in [-0.1, -0.05) is 41.0 Å². The van der Waals surface area contributed by atoms with Crippen LogP contribution in [0.1, 0.15) is 47.5 Å². The van der Waals surface area contributed by atoms with E-state index in [1.807, 2.05) is 20.8 Å². The molecule has 16 heavy (non-hydrogen) atoms. The number of rotatable bonds is 3. The Bertz CT molecular complexity index is 117. The van der Waals surface area contributed by atoms with Crippen LogP contribution >= 0.6 is 0 Å². The predicted molar refractivity (Wildman–Crippen MR) is 70.6 cm³/mol. The fraction of sp³-hybridized carbons (Fsp3) is 1.00. The molecule has 0 spiro atoms. The molecule has 0 aromatic carbocycles. The van der Waals surface area contributed by atoms with E-state index in [1.54, 1.807) is 0 Å². The Morgan fingerprint density at radius 2 is 1.62 bits per heavy atom. The SMILES string of the molecule is CC.CCC.C[C@@H](CO)CB1OCCCO1. The monoisotopic (exact) mass is 232 g/mol. The van der Waals surface area contributed by atoms with E-state index in [-0.39, 0.29) is 19.6 Å². The largest absolute Gasteiger partial charge is 0.457 e. The van der Waals surface area contributed by atoms with Crippen LogP contribution < -0.4 is 0 Å². The minimum Gasteiger partial charge on any atom is -0.411 e. The van der Waals surface area contributed by atoms with Crippen LogP contribution in [0.5, 0.6) is 0 Å². The van der Waals surface area contributed by atoms with Gasteiger partial charge < -0.3 is 14.4 Å². The molecule has 0 aromatic heterocycles. The summed E-state index contributed by atoms with van der Waals surface area (Å²) in [4.78, 5) is 0. The summed E-state index contributed by atoms with van der Waals surface area (Å²) in [6.07, 6.45) is 3.04. The lowest BCUT2D eigenvalue weighted by atomic mass is 9.77. The molecule has 1 atom stereocenters. The lowest BCUT2D eigenvalue weighted by molar-refractivity contribution is 0.127. The molecule has 98 valence electrons. The first-order chi connectivity index (χ1) is 7.74. The smallest absolute Gasteiger partial charge is 0.411 e. The van der Waals surface area contributed by atoms with Gasteiger partial charge in [-0.25, -0.2) is 0 Å². The Morgan fingerprint density at radius 1 is 1.19 bits per heavy atom. The van der Waals surface area contributed by atoms with Crippen LogP contribution in [-0.2, 0) is 9.31 Å². The van der Waals surface area contributed by atoms with Gasteiger partial charge in [-0.3, -0.25) is 0 Å². The van der Waals surface area contributed by atoms with E-state index in [1.165, 1.54) is 6.42 Å². The van der Waals surface area contributed by atoms with Crippen LogP contribution in [0.2, 0.25) is 6.32 Å². The highest BCUT2D eigenvalue weighted by Crippen LogP contribution is 2.11. The summed E-state index contributed by atoms with van der Waals surface area (Å²) in [7, 11) is -0.0779. The molecular weight excluding hydrogens is 203 g/mol. The summed E-state index contributed by atoms with van der Waals surface area (Å²) in [5.74, 6) is 0.276. The topological polar surface area (TPSA) is 38.7 Å². The summed E-state index contributed by atoms with van der Waals surface area (Å²) in [5.41, 5.74) is 0. The minimum absolute atomic E-state index is 0.0779. The molecule has 4 heteroatoms. The van der Waals surface area contributed by atoms with Crippen LogP contribution in [-0.4, -0.2) is 32.0 Å². The molecule has 0 aromatic rings. The van der Waals surface area contributed by atoms with Gasteiger partial charge in [0.05, 0.1) is 0 Å². The molecule has 0 unspecified atom stereocenters. The van der Waals surface area contributed by atoms with Crippen LogP contribution in [0.15, 0.2) is 0 Å². The van der Waals surface area contributed by atoms with E-state index in [0.29, 0.717) is 0 Å². The number of aliphatic hydroxyl groups excluding tert-OH is 1. The summed E-state index contributed by atoms with van der Waals surface area (Å²) in [5, 5.41) is 8.75. The first-order valence-electron chi connectivity index (χ1n) is 6.58. The van der Waals surface area contributed by atoms with E-state index in [0.717, 1.165) is 26.0 Å². The van der Waals surface area contributed by atoms with Crippen molar-refractivity contribution in [3.63, 3.8) is 0 Å². The molecule has 0 amide bonds. The zero-order valence-corrected chi connectivity index (χ0v) is 11.7. The van der Waals surface area contributed by atoms with Crippen molar-refractivity contribution in [3.8, 4) is 0 Å². The average molecular weight is 232 g/mol. The predicted octanol–water partition coefficient (Wildman–Crippen LogP) is 2.98. The van der Waals surface area contributed by atoms with Gasteiger partial charge >= 0.3 is 7.12 Å². The van der Waals surface area contributed by atoms with Gasteiger partial charge in [-0.05, 0) is 18.7 Å². The molecule has 0 saturated carbocycles. The molecule has 1 rings (SSSR count). The van der Waals surface area contributed by atoms with E-state index in [4.69, 9.17) is 14.4 Å². The number of aliphatic hydroxyl groups is 1. The second-order valence-electron chi connectivity index (χ2n) is 3.76. The lowest BCUT2D eigenvalue weighted by Gasteiger charge is -2.21. The van der Waals surface area contributed by atoms with Crippen LogP contribution in [0.25, 0.3) is 0 Å². The Balaban J connectivity index is 0. The van der Waals surface area contributed by atoms with Gasteiger partial charge in [-0.15, -0.1) is 0 Å². The summed E-state index contributed by atoms with van der Waals surface area (Å²) in [6, 6.07) is 0. The van der Waals surface area contributed by atoms with Crippen LogP contribution in [0.3, 0.4) is 0 Å². The maximum atomic E-state index is 8.75. The lowest BCUT2D eigenvalue weighted by Crippen LogP contribution is -2.31. The third-order valence-corrected chi connectivity index (χ3v) is 1.80. The van der Waals surface area contributed by atoms with E-state index < -0.39 is 0 Å². The number of hydrogen-bond donors (Lipinski definition) is 1. The van der Waals surface area contributed by atoms with Crippen LogP contribution in [0, 0.1) is 5.92 Å². The summed E-state index contributed by atoms with van der Waals surface area (Å²) >= 11 is 0. The van der Waals surface area contributed by atoms with E-state index in [2.05, 4.69) is 13.8 Å². The molecule has 0 bridgehead atoms.